The zero-order chi connectivity index (χ0) is 11.3. The van der Waals surface area contributed by atoms with Crippen molar-refractivity contribution < 1.29 is 19.4 Å². The third-order valence-electron chi connectivity index (χ3n) is 2.70. The molecule has 0 spiro atoms. The maximum atomic E-state index is 11.4. The number of hydrogen-bond donors (Lipinski definition) is 1. The summed E-state index contributed by atoms with van der Waals surface area (Å²) in [6, 6.07) is -0.158. The van der Waals surface area contributed by atoms with Crippen LogP contribution >= 0.6 is 11.6 Å². The zero-order valence-corrected chi connectivity index (χ0v) is 9.50. The Morgan fingerprint density at radius 3 is 2.93 bits per heavy atom. The van der Waals surface area contributed by atoms with E-state index >= 15 is 0 Å². The summed E-state index contributed by atoms with van der Waals surface area (Å²) in [6.45, 7) is 0.852. The monoisotopic (exact) mass is 237 g/mol. The number of piperidine rings is 1. The van der Waals surface area contributed by atoms with Crippen molar-refractivity contribution in [2.75, 3.05) is 32.9 Å². The highest BCUT2D eigenvalue weighted by Crippen LogP contribution is 2.24. The largest absolute Gasteiger partial charge is 0.433 e. The number of aliphatic hydroxyl groups excluding tert-OH is 1. The highest BCUT2D eigenvalue weighted by molar-refractivity contribution is 6.17. The summed E-state index contributed by atoms with van der Waals surface area (Å²) in [7, 11) is 1.53. The fourth-order valence-electron chi connectivity index (χ4n) is 1.75. The Morgan fingerprint density at radius 1 is 1.67 bits per heavy atom. The molecular weight excluding hydrogens is 222 g/mol. The molecule has 0 aromatic carbocycles. The number of alkyl halides is 1. The molecule has 1 heterocycles. The Kier molecular flexibility index (Phi) is 4.63. The molecule has 6 heteroatoms. The molecule has 1 unspecified atom stereocenters. The molecule has 1 saturated heterocycles. The normalized spacial score (nSPS) is 26.5. The molecule has 1 fully saturated rings. The second kappa shape index (κ2) is 5.53. The average molecular weight is 238 g/mol. The van der Waals surface area contributed by atoms with Gasteiger partial charge in [-0.25, -0.2) is 4.79 Å². The maximum Gasteiger partial charge on any atom is 0.411 e. The Balaban J connectivity index is 2.58. The van der Waals surface area contributed by atoms with E-state index in [4.69, 9.17) is 16.3 Å². The molecule has 0 aromatic heterocycles. The van der Waals surface area contributed by atoms with Crippen LogP contribution in [0.2, 0.25) is 0 Å². The van der Waals surface area contributed by atoms with Crippen LogP contribution in [-0.4, -0.2) is 54.6 Å². The molecule has 0 aromatic rings. The Labute approximate surface area is 93.9 Å². The quantitative estimate of drug-likeness (QED) is 0.738. The number of methoxy groups -OCH3 is 1. The summed E-state index contributed by atoms with van der Waals surface area (Å²) in [5.41, 5.74) is -0.649. The molecule has 1 aliphatic heterocycles. The van der Waals surface area contributed by atoms with Crippen molar-refractivity contribution in [1.82, 2.24) is 4.90 Å². The van der Waals surface area contributed by atoms with E-state index in [0.29, 0.717) is 13.1 Å². The molecule has 15 heavy (non-hydrogen) atoms. The second-order valence-corrected chi connectivity index (χ2v) is 3.81. The van der Waals surface area contributed by atoms with E-state index in [1.807, 2.05) is 0 Å². The zero-order valence-electron chi connectivity index (χ0n) is 8.74. The molecule has 0 bridgehead atoms. The van der Waals surface area contributed by atoms with Gasteiger partial charge in [0, 0.05) is 13.7 Å². The number of amides is 1. The number of nitrogens with zero attached hydrogens (tertiary/aromatic N) is 1. The number of carbonyl (C=O) groups is 1. The van der Waals surface area contributed by atoms with Gasteiger partial charge in [0.1, 0.15) is 5.60 Å². The van der Waals surface area contributed by atoms with Crippen LogP contribution in [0.4, 0.5) is 4.79 Å². The summed E-state index contributed by atoms with van der Waals surface area (Å²) in [4.78, 5) is 12.9. The van der Waals surface area contributed by atoms with Crippen molar-refractivity contribution in [3.05, 3.63) is 0 Å². The molecule has 1 atom stereocenters. The van der Waals surface area contributed by atoms with E-state index in [0.717, 1.165) is 12.8 Å². The molecule has 0 radical (unpaired) electrons. The van der Waals surface area contributed by atoms with Gasteiger partial charge in [-0.15, -0.1) is 0 Å². The standard InChI is InChI=1S/C9H16ClNO4/c1-14-9(6-12)3-2-4-11(5-9)8(13)15-7-10/h12H,2-7H2,1H3. The van der Waals surface area contributed by atoms with Gasteiger partial charge in [0.05, 0.1) is 13.2 Å². The minimum absolute atomic E-state index is 0.103. The van der Waals surface area contributed by atoms with Gasteiger partial charge in [0.25, 0.3) is 0 Å². The van der Waals surface area contributed by atoms with Crippen molar-refractivity contribution in [2.24, 2.45) is 0 Å². The molecule has 1 N–H and O–H groups in total. The third kappa shape index (κ3) is 2.96. The van der Waals surface area contributed by atoms with E-state index < -0.39 is 11.7 Å². The van der Waals surface area contributed by atoms with Crippen molar-refractivity contribution >= 4 is 17.7 Å². The number of carbonyl (C=O) groups excluding carboxylic acids is 1. The lowest BCUT2D eigenvalue weighted by atomic mass is 9.94. The predicted molar refractivity (Wildman–Crippen MR) is 54.8 cm³/mol. The smallest absolute Gasteiger partial charge is 0.411 e. The van der Waals surface area contributed by atoms with Crippen LogP contribution in [-0.2, 0) is 9.47 Å². The lowest BCUT2D eigenvalue weighted by molar-refractivity contribution is -0.0907. The minimum Gasteiger partial charge on any atom is -0.433 e. The molecule has 0 saturated carbocycles. The first-order chi connectivity index (χ1) is 7.17. The van der Waals surface area contributed by atoms with Crippen LogP contribution < -0.4 is 0 Å². The van der Waals surface area contributed by atoms with Crippen LogP contribution in [0.15, 0.2) is 0 Å². The number of likely N-dealkylation sites (tertiary alicyclic amines) is 1. The van der Waals surface area contributed by atoms with Crippen LogP contribution in [0.25, 0.3) is 0 Å². The van der Waals surface area contributed by atoms with Crippen LogP contribution in [0.5, 0.6) is 0 Å². The fraction of sp³-hybridized carbons (Fsp3) is 0.889. The highest BCUT2D eigenvalue weighted by Gasteiger charge is 2.37. The summed E-state index contributed by atoms with van der Waals surface area (Å²) in [5.74, 6) is 0. The second-order valence-electron chi connectivity index (χ2n) is 3.59. The van der Waals surface area contributed by atoms with Crippen LogP contribution in [0, 0.1) is 0 Å². The molecule has 1 rings (SSSR count). The topological polar surface area (TPSA) is 59.0 Å². The van der Waals surface area contributed by atoms with Crippen LogP contribution in [0.1, 0.15) is 12.8 Å². The Hall–Kier alpha value is -0.520. The molecule has 88 valence electrons. The lowest BCUT2D eigenvalue weighted by Gasteiger charge is -2.39. The minimum atomic E-state index is -0.649. The summed E-state index contributed by atoms with van der Waals surface area (Å²) < 4.78 is 9.93. The summed E-state index contributed by atoms with van der Waals surface area (Å²) in [5, 5.41) is 9.24. The van der Waals surface area contributed by atoms with Crippen LogP contribution in [0.3, 0.4) is 0 Å². The number of ether oxygens (including phenoxy) is 2. The lowest BCUT2D eigenvalue weighted by Crippen LogP contribution is -2.53. The molecule has 1 amide bonds. The first kappa shape index (κ1) is 12.5. The van der Waals surface area contributed by atoms with E-state index in [-0.39, 0.29) is 12.7 Å². The summed E-state index contributed by atoms with van der Waals surface area (Å²) in [6.07, 6.45) is 1.07. The Bertz CT molecular complexity index is 220. The van der Waals surface area contributed by atoms with Crippen molar-refractivity contribution in [3.63, 3.8) is 0 Å². The van der Waals surface area contributed by atoms with Gasteiger partial charge in [-0.05, 0) is 12.8 Å². The van der Waals surface area contributed by atoms with Gasteiger partial charge < -0.3 is 19.5 Å². The van der Waals surface area contributed by atoms with Gasteiger partial charge in [-0.2, -0.15) is 0 Å². The van der Waals surface area contributed by atoms with Gasteiger partial charge in [0.2, 0.25) is 0 Å². The van der Waals surface area contributed by atoms with E-state index in [1.165, 1.54) is 12.0 Å². The molecular formula is C9H16ClNO4. The van der Waals surface area contributed by atoms with Gasteiger partial charge in [0.15, 0.2) is 6.07 Å². The van der Waals surface area contributed by atoms with E-state index in [9.17, 15) is 9.90 Å². The molecule has 0 aliphatic carbocycles. The number of halogens is 1. The van der Waals surface area contributed by atoms with Crippen molar-refractivity contribution in [1.29, 1.82) is 0 Å². The first-order valence-electron chi connectivity index (χ1n) is 4.81. The van der Waals surface area contributed by atoms with E-state index in [2.05, 4.69) is 4.74 Å². The van der Waals surface area contributed by atoms with Gasteiger partial charge >= 0.3 is 6.09 Å². The number of aliphatic hydroxyl groups is 1. The third-order valence-corrected chi connectivity index (χ3v) is 2.81. The van der Waals surface area contributed by atoms with Crippen molar-refractivity contribution in [3.8, 4) is 0 Å². The molecule has 1 aliphatic rings. The Morgan fingerprint density at radius 2 is 2.40 bits per heavy atom. The molecule has 5 nitrogen and oxygen atoms in total. The highest BCUT2D eigenvalue weighted by atomic mass is 35.5. The van der Waals surface area contributed by atoms with E-state index in [1.54, 1.807) is 0 Å². The average Bonchev–Trinajstić information content (AvgIpc) is 2.29. The van der Waals surface area contributed by atoms with Gasteiger partial charge in [-0.3, -0.25) is 0 Å². The predicted octanol–water partition coefficient (Wildman–Crippen LogP) is 0.793. The fourth-order valence-corrected chi connectivity index (χ4v) is 1.85. The van der Waals surface area contributed by atoms with Crippen molar-refractivity contribution in [2.45, 2.75) is 18.4 Å². The first-order valence-corrected chi connectivity index (χ1v) is 5.34. The maximum absolute atomic E-state index is 11.4. The number of hydrogen-bond acceptors (Lipinski definition) is 4. The van der Waals surface area contributed by atoms with Gasteiger partial charge in [-0.1, -0.05) is 11.6 Å². The summed E-state index contributed by atoms with van der Waals surface area (Å²) >= 11 is 5.30. The SMILES string of the molecule is COC1(CO)CCCN(C(=O)OCCl)C1. The number of rotatable bonds is 3.